The van der Waals surface area contributed by atoms with Gasteiger partial charge in [-0.25, -0.2) is 22.3 Å². The van der Waals surface area contributed by atoms with E-state index in [-0.39, 0.29) is 10.5 Å². The van der Waals surface area contributed by atoms with Crippen LogP contribution in [0.5, 0.6) is 0 Å². The van der Waals surface area contributed by atoms with Crippen LogP contribution in [-0.4, -0.2) is 8.42 Å². The lowest BCUT2D eigenvalue weighted by Gasteiger charge is -2.01. The molecule has 0 atom stereocenters. The molecule has 0 aliphatic carbocycles. The Morgan fingerprint density at radius 1 is 1.31 bits per heavy atom. The first-order valence-electron chi connectivity index (χ1n) is 3.32. The maximum absolute atomic E-state index is 12.1. The molecule has 1 rings (SSSR count). The lowest BCUT2D eigenvalue weighted by molar-refractivity contribution is 0.151. The molecule has 0 fully saturated rings. The topological polar surface area (TPSA) is 60.2 Å². The largest absolute Gasteiger partial charge is 0.263 e. The molecule has 0 saturated carbocycles. The highest BCUT2D eigenvalue weighted by Gasteiger charge is 2.12. The van der Waals surface area contributed by atoms with Crippen LogP contribution in [0.25, 0.3) is 0 Å². The molecule has 0 radical (unpaired) electrons. The van der Waals surface area contributed by atoms with E-state index in [4.69, 9.17) is 5.14 Å². The van der Waals surface area contributed by atoms with Gasteiger partial charge in [0.25, 0.3) is 6.43 Å². The van der Waals surface area contributed by atoms with Gasteiger partial charge in [-0.1, -0.05) is 12.1 Å². The van der Waals surface area contributed by atoms with Crippen LogP contribution in [0.4, 0.5) is 8.78 Å². The summed E-state index contributed by atoms with van der Waals surface area (Å²) in [6.07, 6.45) is -2.69. The van der Waals surface area contributed by atoms with Crippen molar-refractivity contribution in [3.63, 3.8) is 0 Å². The zero-order valence-corrected chi connectivity index (χ0v) is 7.26. The summed E-state index contributed by atoms with van der Waals surface area (Å²) in [5, 5.41) is 4.75. The molecule has 1 aromatic rings. The van der Waals surface area contributed by atoms with Gasteiger partial charge >= 0.3 is 0 Å². The third-order valence-corrected chi connectivity index (χ3v) is 2.35. The van der Waals surface area contributed by atoms with Crippen LogP contribution in [0.15, 0.2) is 29.2 Å². The van der Waals surface area contributed by atoms with Crippen molar-refractivity contribution in [2.75, 3.05) is 0 Å². The van der Waals surface area contributed by atoms with Gasteiger partial charge in [-0.2, -0.15) is 0 Å². The van der Waals surface area contributed by atoms with E-state index in [1.54, 1.807) is 0 Å². The maximum Gasteiger partial charge on any atom is 0.263 e. The fraction of sp³-hybridized carbons (Fsp3) is 0.143. The predicted octanol–water partition coefficient (Wildman–Crippen LogP) is 1.27. The van der Waals surface area contributed by atoms with Gasteiger partial charge in [0, 0.05) is 5.56 Å². The molecule has 6 heteroatoms. The number of hydrogen-bond donors (Lipinski definition) is 1. The summed E-state index contributed by atoms with van der Waals surface area (Å²) in [6, 6.07) is 4.39. The smallest absolute Gasteiger partial charge is 0.225 e. The van der Waals surface area contributed by atoms with Crippen molar-refractivity contribution in [3.8, 4) is 0 Å². The average Bonchev–Trinajstić information content (AvgIpc) is 2.03. The number of hydrogen-bond acceptors (Lipinski definition) is 2. The summed E-state index contributed by atoms with van der Waals surface area (Å²) in [7, 11) is -3.89. The van der Waals surface area contributed by atoms with Crippen LogP contribution in [0.2, 0.25) is 0 Å². The predicted molar refractivity (Wildman–Crippen MR) is 42.8 cm³/mol. The summed E-state index contributed by atoms with van der Waals surface area (Å²) in [5.74, 6) is 0. The van der Waals surface area contributed by atoms with Crippen LogP contribution < -0.4 is 5.14 Å². The number of sulfonamides is 1. The molecule has 2 N–H and O–H groups in total. The fourth-order valence-electron chi connectivity index (χ4n) is 0.827. The van der Waals surface area contributed by atoms with Crippen molar-refractivity contribution in [2.24, 2.45) is 5.14 Å². The molecule has 0 unspecified atom stereocenters. The number of primary sulfonamides is 1. The van der Waals surface area contributed by atoms with E-state index in [1.807, 2.05) is 0 Å². The van der Waals surface area contributed by atoms with Crippen molar-refractivity contribution in [3.05, 3.63) is 29.8 Å². The monoisotopic (exact) mass is 207 g/mol. The van der Waals surface area contributed by atoms with E-state index in [9.17, 15) is 17.2 Å². The van der Waals surface area contributed by atoms with Crippen molar-refractivity contribution >= 4 is 10.0 Å². The average molecular weight is 207 g/mol. The Hall–Kier alpha value is -1.01. The molecule has 72 valence electrons. The Morgan fingerprint density at radius 2 is 1.92 bits per heavy atom. The van der Waals surface area contributed by atoms with Crippen LogP contribution in [0.3, 0.4) is 0 Å². The van der Waals surface area contributed by atoms with Gasteiger partial charge in [0.15, 0.2) is 0 Å². The first kappa shape index (κ1) is 10.1. The Morgan fingerprint density at radius 3 is 2.38 bits per heavy atom. The number of rotatable bonds is 2. The highest BCUT2D eigenvalue weighted by molar-refractivity contribution is 7.89. The lowest BCUT2D eigenvalue weighted by atomic mass is 10.2. The summed E-state index contributed by atoms with van der Waals surface area (Å²) >= 11 is 0. The molecule has 0 aliphatic rings. The number of alkyl halides is 2. The molecular weight excluding hydrogens is 200 g/mol. The fourth-order valence-corrected chi connectivity index (χ4v) is 1.40. The van der Waals surface area contributed by atoms with E-state index in [2.05, 4.69) is 0 Å². The minimum absolute atomic E-state index is 0.301. The maximum atomic E-state index is 12.1. The standard InChI is InChI=1S/C7H7F2NO2S/c8-7(9)5-2-1-3-6(4-5)13(10,11)12/h1-4,7H,(H2,10,11,12). The van der Waals surface area contributed by atoms with Crippen molar-refractivity contribution in [2.45, 2.75) is 11.3 Å². The molecule has 0 aromatic heterocycles. The normalized spacial score (nSPS) is 12.0. The van der Waals surface area contributed by atoms with Gasteiger partial charge in [-0.15, -0.1) is 0 Å². The van der Waals surface area contributed by atoms with Gasteiger partial charge in [0.2, 0.25) is 10.0 Å². The third kappa shape index (κ3) is 2.46. The molecule has 3 nitrogen and oxygen atoms in total. The molecule has 1 aromatic carbocycles. The van der Waals surface area contributed by atoms with E-state index in [0.717, 1.165) is 12.1 Å². The zero-order chi connectivity index (χ0) is 10.1. The van der Waals surface area contributed by atoms with Crippen LogP contribution in [0, 0.1) is 0 Å². The summed E-state index contributed by atoms with van der Waals surface area (Å²) in [6.45, 7) is 0. The Bertz CT molecular complexity index is 403. The van der Waals surface area contributed by atoms with Crippen molar-refractivity contribution in [1.82, 2.24) is 0 Å². The SMILES string of the molecule is NS(=O)(=O)c1cccc(C(F)F)c1. The molecule has 0 aliphatic heterocycles. The Balaban J connectivity index is 3.21. The highest BCUT2D eigenvalue weighted by Crippen LogP contribution is 2.20. The summed E-state index contributed by atoms with van der Waals surface area (Å²) < 4.78 is 45.7. The minimum Gasteiger partial charge on any atom is -0.225 e. The van der Waals surface area contributed by atoms with E-state index in [1.165, 1.54) is 12.1 Å². The second-order valence-corrected chi connectivity index (χ2v) is 3.98. The Kier molecular flexibility index (Phi) is 2.63. The van der Waals surface area contributed by atoms with E-state index >= 15 is 0 Å². The van der Waals surface area contributed by atoms with E-state index in [0.29, 0.717) is 0 Å². The van der Waals surface area contributed by atoms with Gasteiger partial charge < -0.3 is 0 Å². The molecule has 0 spiro atoms. The second kappa shape index (κ2) is 3.39. The number of halogens is 2. The molecule has 13 heavy (non-hydrogen) atoms. The number of benzene rings is 1. The molecule has 0 heterocycles. The van der Waals surface area contributed by atoms with E-state index < -0.39 is 16.4 Å². The summed E-state index contributed by atoms with van der Waals surface area (Å²) in [4.78, 5) is -0.301. The molecule has 0 saturated heterocycles. The third-order valence-electron chi connectivity index (χ3n) is 1.44. The first-order valence-corrected chi connectivity index (χ1v) is 4.87. The van der Waals surface area contributed by atoms with Crippen LogP contribution in [-0.2, 0) is 10.0 Å². The second-order valence-electron chi connectivity index (χ2n) is 2.42. The van der Waals surface area contributed by atoms with Gasteiger partial charge in [0.1, 0.15) is 0 Å². The number of nitrogens with two attached hydrogens (primary N) is 1. The molecule has 0 bridgehead atoms. The van der Waals surface area contributed by atoms with Gasteiger partial charge in [-0.05, 0) is 12.1 Å². The lowest BCUT2D eigenvalue weighted by Crippen LogP contribution is -2.12. The van der Waals surface area contributed by atoms with Crippen LogP contribution >= 0.6 is 0 Å². The van der Waals surface area contributed by atoms with Crippen molar-refractivity contribution in [1.29, 1.82) is 0 Å². The van der Waals surface area contributed by atoms with Crippen LogP contribution in [0.1, 0.15) is 12.0 Å². The van der Waals surface area contributed by atoms with Crippen molar-refractivity contribution < 1.29 is 17.2 Å². The minimum atomic E-state index is -3.89. The van der Waals surface area contributed by atoms with Gasteiger partial charge in [0.05, 0.1) is 4.90 Å². The first-order chi connectivity index (χ1) is 5.91. The quantitative estimate of drug-likeness (QED) is 0.793. The summed E-state index contributed by atoms with van der Waals surface area (Å²) in [5.41, 5.74) is -0.355. The molecular formula is C7H7F2NO2S. The zero-order valence-electron chi connectivity index (χ0n) is 6.44. The van der Waals surface area contributed by atoms with Gasteiger partial charge in [-0.3, -0.25) is 0 Å². The Labute approximate surface area is 74.2 Å². The highest BCUT2D eigenvalue weighted by atomic mass is 32.2. The molecule has 0 amide bonds.